The van der Waals surface area contributed by atoms with E-state index in [0.717, 1.165) is 0 Å². The Morgan fingerprint density at radius 2 is 2.00 bits per heavy atom. The molecule has 0 aromatic heterocycles. The second-order valence-electron chi connectivity index (χ2n) is 3.73. The molecule has 0 heterocycles. The first-order valence-electron chi connectivity index (χ1n) is 5.47. The van der Waals surface area contributed by atoms with Crippen LogP contribution in [0.5, 0.6) is 0 Å². The maximum absolute atomic E-state index is 11.2. The summed E-state index contributed by atoms with van der Waals surface area (Å²) in [6, 6.07) is 5.89. The van der Waals surface area contributed by atoms with E-state index >= 15 is 0 Å². The van der Waals surface area contributed by atoms with Gasteiger partial charge in [-0.3, -0.25) is 14.9 Å². The molecule has 6 heteroatoms. The fourth-order valence-electron chi connectivity index (χ4n) is 1.49. The summed E-state index contributed by atoms with van der Waals surface area (Å²) < 4.78 is 0. The van der Waals surface area contributed by atoms with Crippen LogP contribution in [0.25, 0.3) is 0 Å². The minimum atomic E-state index is -1.01. The van der Waals surface area contributed by atoms with Crippen LogP contribution in [0.4, 0.5) is 0 Å². The van der Waals surface area contributed by atoms with E-state index in [4.69, 9.17) is 16.7 Å². The predicted octanol–water partition coefficient (Wildman–Crippen LogP) is 1.19. The van der Waals surface area contributed by atoms with Crippen molar-refractivity contribution in [1.29, 1.82) is 0 Å². The quantitative estimate of drug-likeness (QED) is 0.679. The largest absolute Gasteiger partial charge is 0.480 e. The SMILES string of the molecule is CC(=O)NCCNC(C(=O)O)c1ccccc1Cl. The third kappa shape index (κ3) is 4.35. The Kier molecular flexibility index (Phi) is 5.61. The zero-order chi connectivity index (χ0) is 13.5. The third-order valence-electron chi connectivity index (χ3n) is 2.31. The number of carbonyl (C=O) groups is 2. The van der Waals surface area contributed by atoms with Crippen LogP contribution in [0.15, 0.2) is 24.3 Å². The minimum absolute atomic E-state index is 0.151. The Labute approximate surface area is 110 Å². The number of carboxylic acids is 1. The molecule has 1 atom stereocenters. The zero-order valence-corrected chi connectivity index (χ0v) is 10.7. The number of benzene rings is 1. The minimum Gasteiger partial charge on any atom is -0.480 e. The summed E-state index contributed by atoms with van der Waals surface area (Å²) in [4.78, 5) is 21.8. The summed E-state index contributed by atoms with van der Waals surface area (Å²) in [7, 11) is 0. The molecule has 98 valence electrons. The number of hydrogen-bond donors (Lipinski definition) is 3. The van der Waals surface area contributed by atoms with Gasteiger partial charge in [0, 0.05) is 25.0 Å². The van der Waals surface area contributed by atoms with Crippen molar-refractivity contribution in [2.24, 2.45) is 0 Å². The van der Waals surface area contributed by atoms with E-state index in [1.165, 1.54) is 6.92 Å². The van der Waals surface area contributed by atoms with Crippen molar-refractivity contribution in [2.45, 2.75) is 13.0 Å². The Morgan fingerprint density at radius 1 is 1.33 bits per heavy atom. The number of carbonyl (C=O) groups excluding carboxylic acids is 1. The lowest BCUT2D eigenvalue weighted by atomic mass is 10.1. The standard InChI is InChI=1S/C12H15ClN2O3/c1-8(16)14-6-7-15-11(12(17)18)9-4-2-3-5-10(9)13/h2-5,11,15H,6-7H2,1H3,(H,14,16)(H,17,18). The van der Waals surface area contributed by atoms with Crippen molar-refractivity contribution in [1.82, 2.24) is 10.6 Å². The van der Waals surface area contributed by atoms with Gasteiger partial charge in [-0.15, -0.1) is 0 Å². The Morgan fingerprint density at radius 3 is 2.56 bits per heavy atom. The van der Waals surface area contributed by atoms with Crippen molar-refractivity contribution in [2.75, 3.05) is 13.1 Å². The summed E-state index contributed by atoms with van der Waals surface area (Å²) in [5.74, 6) is -1.16. The first-order chi connectivity index (χ1) is 8.52. The fraction of sp³-hybridized carbons (Fsp3) is 0.333. The summed E-state index contributed by atoms with van der Waals surface area (Å²) >= 11 is 5.95. The highest BCUT2D eigenvalue weighted by Crippen LogP contribution is 2.22. The van der Waals surface area contributed by atoms with Gasteiger partial charge in [0.25, 0.3) is 0 Å². The molecular weight excluding hydrogens is 256 g/mol. The maximum atomic E-state index is 11.2. The van der Waals surface area contributed by atoms with Gasteiger partial charge in [-0.05, 0) is 11.6 Å². The van der Waals surface area contributed by atoms with Gasteiger partial charge in [0.05, 0.1) is 0 Å². The molecule has 18 heavy (non-hydrogen) atoms. The Hall–Kier alpha value is -1.59. The number of aliphatic carboxylic acids is 1. The van der Waals surface area contributed by atoms with Gasteiger partial charge in [0.2, 0.25) is 5.91 Å². The molecule has 0 radical (unpaired) electrons. The van der Waals surface area contributed by atoms with Gasteiger partial charge in [-0.1, -0.05) is 29.8 Å². The predicted molar refractivity (Wildman–Crippen MR) is 68.5 cm³/mol. The topological polar surface area (TPSA) is 78.4 Å². The molecule has 0 aliphatic heterocycles. The van der Waals surface area contributed by atoms with Gasteiger partial charge in [0.15, 0.2) is 0 Å². The average Bonchev–Trinajstić information content (AvgIpc) is 2.30. The molecule has 3 N–H and O–H groups in total. The van der Waals surface area contributed by atoms with E-state index in [-0.39, 0.29) is 5.91 Å². The van der Waals surface area contributed by atoms with Crippen molar-refractivity contribution in [3.63, 3.8) is 0 Å². The van der Waals surface area contributed by atoms with Crippen LogP contribution in [-0.2, 0) is 9.59 Å². The van der Waals surface area contributed by atoms with Gasteiger partial charge < -0.3 is 10.4 Å². The molecule has 0 aliphatic carbocycles. The normalized spacial score (nSPS) is 11.9. The van der Waals surface area contributed by atoms with Gasteiger partial charge in [0.1, 0.15) is 6.04 Å². The number of amides is 1. The number of rotatable bonds is 6. The smallest absolute Gasteiger partial charge is 0.325 e. The number of hydrogen-bond acceptors (Lipinski definition) is 3. The van der Waals surface area contributed by atoms with Gasteiger partial charge in [-0.2, -0.15) is 0 Å². The average molecular weight is 271 g/mol. The molecule has 0 bridgehead atoms. The fourth-order valence-corrected chi connectivity index (χ4v) is 1.74. The van der Waals surface area contributed by atoms with Crippen LogP contribution < -0.4 is 10.6 Å². The van der Waals surface area contributed by atoms with Crippen LogP contribution in [0.1, 0.15) is 18.5 Å². The molecule has 0 saturated heterocycles. The molecule has 1 unspecified atom stereocenters. The lowest BCUT2D eigenvalue weighted by molar-refractivity contribution is -0.139. The highest BCUT2D eigenvalue weighted by Gasteiger charge is 2.20. The second kappa shape index (κ2) is 6.98. The van der Waals surface area contributed by atoms with Crippen LogP contribution in [0, 0.1) is 0 Å². The van der Waals surface area contributed by atoms with E-state index in [1.807, 2.05) is 0 Å². The highest BCUT2D eigenvalue weighted by molar-refractivity contribution is 6.31. The first-order valence-corrected chi connectivity index (χ1v) is 5.85. The lowest BCUT2D eigenvalue weighted by Crippen LogP contribution is -2.35. The lowest BCUT2D eigenvalue weighted by Gasteiger charge is -2.16. The zero-order valence-electron chi connectivity index (χ0n) is 9.94. The number of halogens is 1. The van der Waals surface area contributed by atoms with Crippen molar-refractivity contribution in [3.05, 3.63) is 34.9 Å². The van der Waals surface area contributed by atoms with E-state index < -0.39 is 12.0 Å². The molecule has 0 aliphatic rings. The molecule has 1 aromatic rings. The van der Waals surface area contributed by atoms with E-state index in [2.05, 4.69) is 10.6 Å². The number of nitrogens with one attached hydrogen (secondary N) is 2. The second-order valence-corrected chi connectivity index (χ2v) is 4.14. The molecule has 1 rings (SSSR count). The van der Waals surface area contributed by atoms with Gasteiger partial charge >= 0.3 is 5.97 Å². The molecule has 0 spiro atoms. The highest BCUT2D eigenvalue weighted by atomic mass is 35.5. The summed E-state index contributed by atoms with van der Waals surface area (Å²) in [6.07, 6.45) is 0. The van der Waals surface area contributed by atoms with Crippen molar-refractivity contribution >= 4 is 23.5 Å². The van der Waals surface area contributed by atoms with Crippen LogP contribution in [0.3, 0.4) is 0 Å². The molecule has 0 fully saturated rings. The van der Waals surface area contributed by atoms with Crippen molar-refractivity contribution < 1.29 is 14.7 Å². The van der Waals surface area contributed by atoms with Crippen molar-refractivity contribution in [3.8, 4) is 0 Å². The molecular formula is C12H15ClN2O3. The molecule has 0 saturated carbocycles. The van der Waals surface area contributed by atoms with E-state index in [1.54, 1.807) is 24.3 Å². The van der Waals surface area contributed by atoms with Crippen LogP contribution >= 0.6 is 11.6 Å². The van der Waals surface area contributed by atoms with Crippen LogP contribution in [0.2, 0.25) is 5.02 Å². The van der Waals surface area contributed by atoms with Gasteiger partial charge in [-0.25, -0.2) is 0 Å². The Balaban J connectivity index is 2.64. The summed E-state index contributed by atoms with van der Waals surface area (Å²) in [5.41, 5.74) is 0.509. The maximum Gasteiger partial charge on any atom is 0.325 e. The summed E-state index contributed by atoms with van der Waals surface area (Å²) in [5, 5.41) is 15.0. The molecule has 1 amide bonds. The van der Waals surface area contributed by atoms with E-state index in [9.17, 15) is 9.59 Å². The van der Waals surface area contributed by atoms with Crippen LogP contribution in [-0.4, -0.2) is 30.1 Å². The Bertz CT molecular complexity index is 437. The first kappa shape index (κ1) is 14.5. The number of carboxylic acid groups (broad SMARTS) is 1. The third-order valence-corrected chi connectivity index (χ3v) is 2.65. The molecule has 1 aromatic carbocycles. The summed E-state index contributed by atoms with van der Waals surface area (Å²) in [6.45, 7) is 2.12. The molecule has 5 nitrogen and oxygen atoms in total. The van der Waals surface area contributed by atoms with E-state index in [0.29, 0.717) is 23.7 Å². The monoisotopic (exact) mass is 270 g/mol.